The van der Waals surface area contributed by atoms with Gasteiger partial charge in [0.05, 0.1) is 14.2 Å². The maximum atomic E-state index is 11.9. The maximum absolute atomic E-state index is 11.9. The molecule has 0 unspecified atom stereocenters. The number of hydrogen-bond acceptors (Lipinski definition) is 4. The quantitative estimate of drug-likeness (QED) is 0.775. The number of amides is 2. The molecule has 2 aromatic rings. The van der Waals surface area contributed by atoms with Crippen LogP contribution in [-0.2, 0) is 11.2 Å². The van der Waals surface area contributed by atoms with Crippen molar-refractivity contribution in [2.75, 3.05) is 14.2 Å². The second kappa shape index (κ2) is 8.94. The number of nitrogens with one attached hydrogen (secondary N) is 2. The Morgan fingerprint density at radius 1 is 1.00 bits per heavy atom. The van der Waals surface area contributed by atoms with Crippen molar-refractivity contribution in [3.63, 3.8) is 0 Å². The number of halogens is 1. The topological polar surface area (TPSA) is 76.7 Å². The van der Waals surface area contributed by atoms with Crippen LogP contribution < -0.4 is 20.3 Å². The molecule has 0 heterocycles. The van der Waals surface area contributed by atoms with Gasteiger partial charge >= 0.3 is 0 Å². The molecule has 2 rings (SSSR count). The molecule has 25 heavy (non-hydrogen) atoms. The summed E-state index contributed by atoms with van der Waals surface area (Å²) in [4.78, 5) is 23.9. The summed E-state index contributed by atoms with van der Waals surface area (Å²) in [6, 6.07) is 11.8. The van der Waals surface area contributed by atoms with Crippen LogP contribution in [0.25, 0.3) is 0 Å². The van der Waals surface area contributed by atoms with Crippen molar-refractivity contribution >= 4 is 23.4 Å². The molecular weight excluding hydrogens is 344 g/mol. The van der Waals surface area contributed by atoms with Gasteiger partial charge in [0.2, 0.25) is 5.91 Å². The normalized spacial score (nSPS) is 10.0. The third-order valence-electron chi connectivity index (χ3n) is 3.53. The van der Waals surface area contributed by atoms with E-state index in [1.807, 2.05) is 12.1 Å². The highest BCUT2D eigenvalue weighted by Gasteiger charge is 2.12. The first-order valence-corrected chi connectivity index (χ1v) is 7.97. The second-order valence-electron chi connectivity index (χ2n) is 5.16. The summed E-state index contributed by atoms with van der Waals surface area (Å²) in [6.45, 7) is 0. The Hall–Kier alpha value is -2.73. The molecule has 2 amide bonds. The number of carbonyl (C=O) groups is 2. The smallest absolute Gasteiger partial charge is 0.269 e. The molecule has 0 aliphatic carbocycles. The van der Waals surface area contributed by atoms with Gasteiger partial charge in [-0.3, -0.25) is 20.4 Å². The minimum Gasteiger partial charge on any atom is -0.493 e. The van der Waals surface area contributed by atoms with Gasteiger partial charge in [-0.2, -0.15) is 0 Å². The van der Waals surface area contributed by atoms with E-state index in [1.165, 1.54) is 0 Å². The van der Waals surface area contributed by atoms with Gasteiger partial charge in [-0.25, -0.2) is 0 Å². The van der Waals surface area contributed by atoms with Gasteiger partial charge in [-0.1, -0.05) is 23.7 Å². The van der Waals surface area contributed by atoms with E-state index in [0.717, 1.165) is 5.56 Å². The highest BCUT2D eigenvalue weighted by Crippen LogP contribution is 2.31. The van der Waals surface area contributed by atoms with Crippen molar-refractivity contribution in [2.24, 2.45) is 0 Å². The van der Waals surface area contributed by atoms with E-state index in [1.54, 1.807) is 44.6 Å². The van der Waals surface area contributed by atoms with Gasteiger partial charge in [-0.15, -0.1) is 0 Å². The van der Waals surface area contributed by atoms with E-state index in [-0.39, 0.29) is 12.3 Å². The molecule has 0 atom stereocenters. The zero-order valence-corrected chi connectivity index (χ0v) is 14.7. The Morgan fingerprint density at radius 3 is 2.36 bits per heavy atom. The molecule has 0 spiro atoms. The Bertz CT molecular complexity index is 747. The van der Waals surface area contributed by atoms with E-state index in [4.69, 9.17) is 21.1 Å². The van der Waals surface area contributed by atoms with Crippen LogP contribution >= 0.6 is 11.6 Å². The average Bonchev–Trinajstić information content (AvgIpc) is 2.64. The van der Waals surface area contributed by atoms with Gasteiger partial charge in [0, 0.05) is 17.0 Å². The first-order valence-electron chi connectivity index (χ1n) is 7.59. The number of ether oxygens (including phenoxy) is 2. The zero-order chi connectivity index (χ0) is 18.2. The number of aryl methyl sites for hydroxylation is 1. The third kappa shape index (κ3) is 5.12. The summed E-state index contributed by atoms with van der Waals surface area (Å²) in [6.07, 6.45) is 0.632. The van der Waals surface area contributed by atoms with Crippen LogP contribution in [-0.4, -0.2) is 26.0 Å². The fourth-order valence-corrected chi connectivity index (χ4v) is 2.39. The number of methoxy groups -OCH3 is 2. The molecule has 6 nitrogen and oxygen atoms in total. The lowest BCUT2D eigenvalue weighted by Gasteiger charge is -2.12. The average molecular weight is 363 g/mol. The van der Waals surface area contributed by atoms with Crippen molar-refractivity contribution in [3.05, 3.63) is 58.6 Å². The van der Waals surface area contributed by atoms with Crippen molar-refractivity contribution < 1.29 is 19.1 Å². The highest BCUT2D eigenvalue weighted by molar-refractivity contribution is 6.30. The molecule has 0 saturated carbocycles. The number of rotatable bonds is 6. The van der Waals surface area contributed by atoms with E-state index in [0.29, 0.717) is 28.5 Å². The van der Waals surface area contributed by atoms with Crippen LogP contribution in [0.5, 0.6) is 11.5 Å². The number of carbonyl (C=O) groups excluding carboxylic acids is 2. The van der Waals surface area contributed by atoms with Gasteiger partial charge in [-0.05, 0) is 42.3 Å². The Balaban J connectivity index is 1.87. The highest BCUT2D eigenvalue weighted by atomic mass is 35.5. The van der Waals surface area contributed by atoms with Crippen molar-refractivity contribution in [1.29, 1.82) is 0 Å². The predicted octanol–water partition coefficient (Wildman–Crippen LogP) is 2.75. The summed E-state index contributed by atoms with van der Waals surface area (Å²) in [5.41, 5.74) is 6.01. The molecule has 0 radical (unpaired) electrons. The second-order valence-corrected chi connectivity index (χ2v) is 5.60. The predicted molar refractivity (Wildman–Crippen MR) is 94.9 cm³/mol. The summed E-state index contributed by atoms with van der Waals surface area (Å²) >= 11 is 5.77. The van der Waals surface area contributed by atoms with Crippen molar-refractivity contribution in [2.45, 2.75) is 12.8 Å². The van der Waals surface area contributed by atoms with Gasteiger partial charge in [0.1, 0.15) is 0 Å². The Kier molecular flexibility index (Phi) is 6.65. The lowest BCUT2D eigenvalue weighted by Crippen LogP contribution is -2.41. The summed E-state index contributed by atoms with van der Waals surface area (Å²) in [5.74, 6) is 0.482. The molecule has 0 saturated heterocycles. The minimum atomic E-state index is -0.413. The summed E-state index contributed by atoms with van der Waals surface area (Å²) < 4.78 is 10.6. The molecule has 0 aliphatic rings. The van der Waals surface area contributed by atoms with Gasteiger partial charge < -0.3 is 9.47 Å². The van der Waals surface area contributed by atoms with Crippen LogP contribution in [0.1, 0.15) is 22.3 Å². The fourth-order valence-electron chi connectivity index (χ4n) is 2.26. The molecule has 0 aromatic heterocycles. The molecule has 132 valence electrons. The van der Waals surface area contributed by atoms with E-state index in [2.05, 4.69) is 10.9 Å². The van der Waals surface area contributed by atoms with E-state index < -0.39 is 5.91 Å². The molecular formula is C18H19ClN2O4. The van der Waals surface area contributed by atoms with Crippen LogP contribution in [0, 0.1) is 0 Å². The molecule has 0 fully saturated rings. The summed E-state index contributed by atoms with van der Waals surface area (Å²) in [5, 5.41) is 0.535. The number of hydrogen-bond donors (Lipinski definition) is 2. The fraction of sp³-hybridized carbons (Fsp3) is 0.222. The lowest BCUT2D eigenvalue weighted by molar-refractivity contribution is -0.121. The van der Waals surface area contributed by atoms with E-state index >= 15 is 0 Å². The minimum absolute atomic E-state index is 0.185. The largest absolute Gasteiger partial charge is 0.493 e. The number of hydrazine groups is 1. The third-order valence-corrected chi connectivity index (χ3v) is 3.78. The zero-order valence-electron chi connectivity index (χ0n) is 14.0. The maximum Gasteiger partial charge on any atom is 0.269 e. The Morgan fingerprint density at radius 2 is 1.72 bits per heavy atom. The first-order chi connectivity index (χ1) is 12.0. The van der Waals surface area contributed by atoms with Crippen LogP contribution in [0.15, 0.2) is 42.5 Å². The van der Waals surface area contributed by atoms with Crippen molar-refractivity contribution in [3.8, 4) is 11.5 Å². The SMILES string of the molecule is COc1cccc(CCC(=O)NNC(=O)c2ccc(Cl)cc2)c1OC. The monoisotopic (exact) mass is 362 g/mol. The van der Waals surface area contributed by atoms with E-state index in [9.17, 15) is 9.59 Å². The number of benzene rings is 2. The molecule has 0 aliphatic heterocycles. The van der Waals surface area contributed by atoms with Crippen LogP contribution in [0.3, 0.4) is 0 Å². The van der Waals surface area contributed by atoms with Gasteiger partial charge in [0.25, 0.3) is 5.91 Å². The van der Waals surface area contributed by atoms with Crippen molar-refractivity contribution in [1.82, 2.24) is 10.9 Å². The first kappa shape index (κ1) is 18.6. The van der Waals surface area contributed by atoms with Gasteiger partial charge in [0.15, 0.2) is 11.5 Å². The van der Waals surface area contributed by atoms with Crippen LogP contribution in [0.2, 0.25) is 5.02 Å². The summed E-state index contributed by atoms with van der Waals surface area (Å²) in [7, 11) is 3.11. The molecule has 7 heteroatoms. The molecule has 2 N–H and O–H groups in total. The standard InChI is InChI=1S/C18H19ClN2O4/c1-24-15-5-3-4-12(17(15)25-2)8-11-16(22)20-21-18(23)13-6-9-14(19)10-7-13/h3-7,9-10H,8,11H2,1-2H3,(H,20,22)(H,21,23). The molecule has 0 bridgehead atoms. The number of para-hydroxylation sites is 1. The molecule has 2 aromatic carbocycles. The Labute approximate surface area is 151 Å². The van der Waals surface area contributed by atoms with Crippen LogP contribution in [0.4, 0.5) is 0 Å². The lowest BCUT2D eigenvalue weighted by atomic mass is 10.1.